The maximum absolute atomic E-state index is 11.8. The molecule has 0 aromatic rings. The van der Waals surface area contributed by atoms with E-state index in [4.69, 9.17) is 4.74 Å². The SMILES string of the molecule is COC1=C(C)CCC(C(C)C)C1=O. The van der Waals surface area contributed by atoms with E-state index in [1.54, 1.807) is 7.11 Å². The monoisotopic (exact) mass is 182 g/mol. The van der Waals surface area contributed by atoms with Crippen molar-refractivity contribution < 1.29 is 9.53 Å². The second-order valence-corrected chi connectivity index (χ2v) is 4.07. The van der Waals surface area contributed by atoms with Crippen LogP contribution in [-0.4, -0.2) is 12.9 Å². The van der Waals surface area contributed by atoms with Gasteiger partial charge >= 0.3 is 0 Å². The number of carbonyl (C=O) groups excluding carboxylic acids is 1. The lowest BCUT2D eigenvalue weighted by molar-refractivity contribution is -0.124. The van der Waals surface area contributed by atoms with Crippen molar-refractivity contribution in [3.05, 3.63) is 11.3 Å². The van der Waals surface area contributed by atoms with Gasteiger partial charge in [-0.3, -0.25) is 4.79 Å². The van der Waals surface area contributed by atoms with Crippen LogP contribution < -0.4 is 0 Å². The van der Waals surface area contributed by atoms with E-state index in [1.165, 1.54) is 0 Å². The number of ether oxygens (including phenoxy) is 1. The number of allylic oxidation sites excluding steroid dienone is 2. The quantitative estimate of drug-likeness (QED) is 0.656. The summed E-state index contributed by atoms with van der Waals surface area (Å²) in [7, 11) is 1.58. The third kappa shape index (κ3) is 1.93. The predicted octanol–water partition coefficient (Wildman–Crippen LogP) is 2.54. The zero-order valence-corrected chi connectivity index (χ0v) is 8.89. The van der Waals surface area contributed by atoms with Gasteiger partial charge < -0.3 is 4.74 Å². The fourth-order valence-corrected chi connectivity index (χ4v) is 1.91. The summed E-state index contributed by atoms with van der Waals surface area (Å²) < 4.78 is 5.13. The summed E-state index contributed by atoms with van der Waals surface area (Å²) in [6, 6.07) is 0. The van der Waals surface area contributed by atoms with Gasteiger partial charge in [-0.2, -0.15) is 0 Å². The molecular formula is C11H18O2. The lowest BCUT2D eigenvalue weighted by Crippen LogP contribution is -2.27. The van der Waals surface area contributed by atoms with Crippen molar-refractivity contribution in [2.75, 3.05) is 7.11 Å². The van der Waals surface area contributed by atoms with Crippen LogP contribution in [0.2, 0.25) is 0 Å². The molecule has 0 aliphatic heterocycles. The van der Waals surface area contributed by atoms with Crippen molar-refractivity contribution in [3.63, 3.8) is 0 Å². The van der Waals surface area contributed by atoms with Gasteiger partial charge in [-0.15, -0.1) is 0 Å². The highest BCUT2D eigenvalue weighted by Gasteiger charge is 2.30. The van der Waals surface area contributed by atoms with Gasteiger partial charge in [0.2, 0.25) is 5.78 Å². The van der Waals surface area contributed by atoms with Crippen LogP contribution in [-0.2, 0) is 9.53 Å². The highest BCUT2D eigenvalue weighted by Crippen LogP contribution is 2.30. The van der Waals surface area contributed by atoms with Gasteiger partial charge in [0.15, 0.2) is 5.76 Å². The van der Waals surface area contributed by atoms with Crippen LogP contribution in [0.15, 0.2) is 11.3 Å². The predicted molar refractivity (Wildman–Crippen MR) is 52.3 cm³/mol. The first-order chi connectivity index (χ1) is 6.07. The summed E-state index contributed by atoms with van der Waals surface area (Å²) in [5.74, 6) is 1.38. The maximum atomic E-state index is 11.8. The number of Topliss-reactive ketones (excluding diaryl/α,β-unsaturated/α-hetero) is 1. The molecule has 74 valence electrons. The smallest absolute Gasteiger partial charge is 0.200 e. The lowest BCUT2D eigenvalue weighted by Gasteiger charge is -2.26. The Morgan fingerprint density at radius 3 is 2.54 bits per heavy atom. The van der Waals surface area contributed by atoms with Crippen LogP contribution >= 0.6 is 0 Å². The highest BCUT2D eigenvalue weighted by atomic mass is 16.5. The highest BCUT2D eigenvalue weighted by molar-refractivity contribution is 5.96. The van der Waals surface area contributed by atoms with Crippen LogP contribution in [0.3, 0.4) is 0 Å². The lowest BCUT2D eigenvalue weighted by atomic mass is 9.81. The van der Waals surface area contributed by atoms with Crippen LogP contribution in [0.1, 0.15) is 33.6 Å². The van der Waals surface area contributed by atoms with Crippen molar-refractivity contribution in [2.24, 2.45) is 11.8 Å². The zero-order chi connectivity index (χ0) is 10.0. The third-order valence-corrected chi connectivity index (χ3v) is 2.79. The molecule has 0 heterocycles. The zero-order valence-electron chi connectivity index (χ0n) is 8.89. The number of rotatable bonds is 2. The Kier molecular flexibility index (Phi) is 3.12. The van der Waals surface area contributed by atoms with Crippen molar-refractivity contribution in [3.8, 4) is 0 Å². The minimum atomic E-state index is 0.165. The van der Waals surface area contributed by atoms with Crippen LogP contribution in [0, 0.1) is 11.8 Å². The fourth-order valence-electron chi connectivity index (χ4n) is 1.91. The molecule has 0 amide bonds. The molecule has 0 spiro atoms. The van der Waals surface area contributed by atoms with E-state index < -0.39 is 0 Å². The average Bonchev–Trinajstić information content (AvgIpc) is 2.04. The normalized spacial score (nSPS) is 24.1. The second-order valence-electron chi connectivity index (χ2n) is 4.07. The molecule has 0 saturated carbocycles. The van der Waals surface area contributed by atoms with Crippen molar-refractivity contribution in [1.29, 1.82) is 0 Å². The molecule has 13 heavy (non-hydrogen) atoms. The minimum Gasteiger partial charge on any atom is -0.493 e. The Bertz CT molecular complexity index is 238. The summed E-state index contributed by atoms with van der Waals surface area (Å²) in [4.78, 5) is 11.8. The Balaban J connectivity index is 2.88. The standard InChI is InChI=1S/C11H18O2/c1-7(2)9-6-5-8(3)11(13-4)10(9)12/h7,9H,5-6H2,1-4H3. The van der Waals surface area contributed by atoms with Crippen LogP contribution in [0.25, 0.3) is 0 Å². The minimum absolute atomic E-state index is 0.165. The molecule has 1 unspecified atom stereocenters. The van der Waals surface area contributed by atoms with E-state index in [0.29, 0.717) is 11.7 Å². The van der Waals surface area contributed by atoms with Gasteiger partial charge in [-0.05, 0) is 31.3 Å². The second kappa shape index (κ2) is 3.95. The summed E-state index contributed by atoms with van der Waals surface area (Å²) >= 11 is 0. The van der Waals surface area contributed by atoms with Crippen LogP contribution in [0.5, 0.6) is 0 Å². The first-order valence-electron chi connectivity index (χ1n) is 4.86. The van der Waals surface area contributed by atoms with Crippen molar-refractivity contribution in [2.45, 2.75) is 33.6 Å². The molecule has 1 atom stereocenters. The maximum Gasteiger partial charge on any atom is 0.200 e. The molecule has 0 fully saturated rings. The summed E-state index contributed by atoms with van der Waals surface area (Å²) in [6.45, 7) is 6.17. The molecule has 0 N–H and O–H groups in total. The van der Waals surface area contributed by atoms with Gasteiger partial charge in [0.1, 0.15) is 0 Å². The average molecular weight is 182 g/mol. The van der Waals surface area contributed by atoms with Gasteiger partial charge in [0, 0.05) is 5.92 Å². The number of hydrogen-bond donors (Lipinski definition) is 0. The molecule has 1 rings (SSSR count). The first-order valence-corrected chi connectivity index (χ1v) is 4.86. The van der Waals surface area contributed by atoms with E-state index in [-0.39, 0.29) is 11.7 Å². The molecule has 0 aromatic heterocycles. The number of ketones is 1. The number of carbonyl (C=O) groups is 1. The van der Waals surface area contributed by atoms with Gasteiger partial charge in [0.05, 0.1) is 7.11 Å². The summed E-state index contributed by atoms with van der Waals surface area (Å²) in [5.41, 5.74) is 1.10. The summed E-state index contributed by atoms with van der Waals surface area (Å²) in [5, 5.41) is 0. The van der Waals surface area contributed by atoms with Crippen molar-refractivity contribution >= 4 is 5.78 Å². The van der Waals surface area contributed by atoms with E-state index in [9.17, 15) is 4.79 Å². The number of hydrogen-bond acceptors (Lipinski definition) is 2. The molecule has 1 aliphatic carbocycles. The molecule has 1 aliphatic rings. The molecule has 2 nitrogen and oxygen atoms in total. The Morgan fingerprint density at radius 1 is 1.46 bits per heavy atom. The molecule has 0 saturated heterocycles. The van der Waals surface area contributed by atoms with Crippen LogP contribution in [0.4, 0.5) is 0 Å². The van der Waals surface area contributed by atoms with Crippen molar-refractivity contribution in [1.82, 2.24) is 0 Å². The number of methoxy groups -OCH3 is 1. The third-order valence-electron chi connectivity index (χ3n) is 2.79. The molecular weight excluding hydrogens is 164 g/mol. The summed E-state index contributed by atoms with van der Waals surface area (Å²) in [6.07, 6.45) is 1.98. The van der Waals surface area contributed by atoms with Gasteiger partial charge in [-0.1, -0.05) is 13.8 Å². The van der Waals surface area contributed by atoms with E-state index >= 15 is 0 Å². The molecule has 0 aromatic carbocycles. The first kappa shape index (κ1) is 10.3. The topological polar surface area (TPSA) is 26.3 Å². The van der Waals surface area contributed by atoms with Gasteiger partial charge in [0.25, 0.3) is 0 Å². The largest absolute Gasteiger partial charge is 0.493 e. The van der Waals surface area contributed by atoms with E-state index in [1.807, 2.05) is 6.92 Å². The molecule has 0 radical (unpaired) electrons. The van der Waals surface area contributed by atoms with E-state index in [0.717, 1.165) is 18.4 Å². The van der Waals surface area contributed by atoms with Gasteiger partial charge in [-0.25, -0.2) is 0 Å². The molecule has 2 heteroatoms. The van der Waals surface area contributed by atoms with E-state index in [2.05, 4.69) is 13.8 Å². The Morgan fingerprint density at radius 2 is 2.08 bits per heavy atom. The Hall–Kier alpha value is -0.790. The Labute approximate surface area is 80.0 Å². The fraction of sp³-hybridized carbons (Fsp3) is 0.727. The molecule has 0 bridgehead atoms.